The molecular weight excluding hydrogens is 404 g/mol. The van der Waals surface area contributed by atoms with Gasteiger partial charge in [-0.25, -0.2) is 9.97 Å². The van der Waals surface area contributed by atoms with Crippen molar-refractivity contribution in [2.24, 2.45) is 0 Å². The number of hydrogen-bond acceptors (Lipinski definition) is 7. The Morgan fingerprint density at radius 2 is 1.62 bits per heavy atom. The molecule has 5 N–H and O–H groups in total. The van der Waals surface area contributed by atoms with Crippen LogP contribution in [0.4, 0.5) is 11.6 Å². The topological polar surface area (TPSA) is 126 Å². The second-order valence-electron chi connectivity index (χ2n) is 7.77. The second-order valence-corrected chi connectivity index (χ2v) is 7.77. The van der Waals surface area contributed by atoms with E-state index in [9.17, 15) is 4.79 Å². The molecule has 1 heterocycles. The number of carbonyl (C=O) groups excluding carboxylic acids is 1. The minimum atomic E-state index is 0.196. The van der Waals surface area contributed by atoms with Gasteiger partial charge in [-0.15, -0.1) is 0 Å². The highest BCUT2D eigenvalue weighted by Gasteiger charge is 2.23. The van der Waals surface area contributed by atoms with Crippen LogP contribution in [0.1, 0.15) is 36.8 Å². The lowest BCUT2D eigenvalue weighted by Crippen LogP contribution is -2.36. The van der Waals surface area contributed by atoms with Crippen LogP contribution < -0.4 is 21.1 Å². The first-order chi connectivity index (χ1) is 15.6. The third-order valence-electron chi connectivity index (χ3n) is 5.62. The normalized spacial score (nSPS) is 17.9. The molecule has 1 aliphatic carbocycles. The largest absolute Gasteiger partial charge is 0.457 e. The monoisotopic (exact) mass is 430 g/mol. The molecule has 32 heavy (non-hydrogen) atoms. The molecule has 0 radical (unpaired) electrons. The summed E-state index contributed by atoms with van der Waals surface area (Å²) in [5.41, 5.74) is 7.57. The highest BCUT2D eigenvalue weighted by Crippen LogP contribution is 2.27. The zero-order chi connectivity index (χ0) is 22.3. The first-order valence-electron chi connectivity index (χ1n) is 10.6. The summed E-state index contributed by atoms with van der Waals surface area (Å²) in [6.07, 6.45) is 5.75. The first kappa shape index (κ1) is 21.3. The number of hydrogen-bond donors (Lipinski definition) is 4. The Hall–Kier alpha value is -3.94. The Labute approximate surface area is 186 Å². The summed E-state index contributed by atoms with van der Waals surface area (Å²) < 4.78 is 5.83. The van der Waals surface area contributed by atoms with Gasteiger partial charge in [0.1, 0.15) is 29.5 Å². The summed E-state index contributed by atoms with van der Waals surface area (Å²) in [6.45, 7) is 0. The Kier molecular flexibility index (Phi) is 6.60. The van der Waals surface area contributed by atoms with Crippen LogP contribution in [-0.2, 0) is 4.79 Å². The maximum Gasteiger partial charge on any atom is 0.207 e. The van der Waals surface area contributed by atoms with Crippen LogP contribution >= 0.6 is 0 Å². The molecule has 1 saturated carbocycles. The van der Waals surface area contributed by atoms with E-state index in [1.165, 1.54) is 6.33 Å². The maximum absolute atomic E-state index is 10.7. The minimum absolute atomic E-state index is 0.196. The number of amides is 1. The van der Waals surface area contributed by atoms with Gasteiger partial charge in [-0.3, -0.25) is 10.2 Å². The Morgan fingerprint density at radius 3 is 2.31 bits per heavy atom. The van der Waals surface area contributed by atoms with E-state index in [1.807, 2.05) is 54.6 Å². The third kappa shape index (κ3) is 5.03. The second kappa shape index (κ2) is 9.91. The van der Waals surface area contributed by atoms with E-state index in [-0.39, 0.29) is 23.6 Å². The zero-order valence-corrected chi connectivity index (χ0v) is 17.6. The number of nitrogens with one attached hydrogen (secondary N) is 3. The number of anilines is 2. The molecule has 8 heteroatoms. The molecule has 1 amide bonds. The predicted octanol–water partition coefficient (Wildman–Crippen LogP) is 3.74. The molecule has 1 fully saturated rings. The predicted molar refractivity (Wildman–Crippen MR) is 124 cm³/mol. The summed E-state index contributed by atoms with van der Waals surface area (Å²) in [5, 5.41) is 15.0. The van der Waals surface area contributed by atoms with E-state index in [1.54, 1.807) is 0 Å². The van der Waals surface area contributed by atoms with Crippen molar-refractivity contribution in [1.82, 2.24) is 15.3 Å². The van der Waals surface area contributed by atoms with Crippen molar-refractivity contribution >= 4 is 23.8 Å². The number of ether oxygens (including phenoxy) is 1. The highest BCUT2D eigenvalue weighted by molar-refractivity contribution is 6.16. The van der Waals surface area contributed by atoms with E-state index < -0.39 is 0 Å². The Bertz CT molecular complexity index is 1060. The van der Waals surface area contributed by atoms with Crippen molar-refractivity contribution in [2.45, 2.75) is 37.8 Å². The summed E-state index contributed by atoms with van der Waals surface area (Å²) in [5.74, 6) is 2.25. The Balaban J connectivity index is 1.48. The average molecular weight is 431 g/mol. The summed E-state index contributed by atoms with van der Waals surface area (Å²) >= 11 is 0. The standard InChI is InChI=1S/C24H26N6O2/c25-22(16-6-12-20(13-7-16)32-19-4-2-1-3-5-19)21-23(26)27-14-28-24(21)30-18-10-8-17(9-11-18)29-15-31/h1-7,12-15,17-18,25H,8-11H2,(H,29,31)(H3,26,27,28,30). The van der Waals surface area contributed by atoms with Crippen LogP contribution in [0.25, 0.3) is 0 Å². The molecule has 0 spiro atoms. The van der Waals surface area contributed by atoms with E-state index in [4.69, 9.17) is 15.9 Å². The number of benzene rings is 2. The van der Waals surface area contributed by atoms with Gasteiger partial charge < -0.3 is 21.1 Å². The van der Waals surface area contributed by atoms with Crippen molar-refractivity contribution in [1.29, 1.82) is 5.41 Å². The van der Waals surface area contributed by atoms with Gasteiger partial charge >= 0.3 is 0 Å². The van der Waals surface area contributed by atoms with E-state index in [0.717, 1.165) is 37.8 Å². The molecule has 0 unspecified atom stereocenters. The van der Waals surface area contributed by atoms with Crippen LogP contribution in [0.15, 0.2) is 60.9 Å². The number of nitrogens with two attached hydrogens (primary N) is 1. The first-order valence-corrected chi connectivity index (χ1v) is 10.6. The lowest BCUT2D eigenvalue weighted by Gasteiger charge is -2.29. The number of nitrogen functional groups attached to an aromatic ring is 1. The van der Waals surface area contributed by atoms with Crippen molar-refractivity contribution in [3.63, 3.8) is 0 Å². The van der Waals surface area contributed by atoms with Crippen molar-refractivity contribution in [3.05, 3.63) is 72.1 Å². The number of nitrogens with zero attached hydrogens (tertiary/aromatic N) is 2. The van der Waals surface area contributed by atoms with Crippen LogP contribution in [0.5, 0.6) is 11.5 Å². The van der Waals surface area contributed by atoms with Crippen molar-refractivity contribution < 1.29 is 9.53 Å². The molecule has 0 saturated heterocycles. The summed E-state index contributed by atoms with van der Waals surface area (Å²) in [6, 6.07) is 17.3. The quantitative estimate of drug-likeness (QED) is 0.319. The van der Waals surface area contributed by atoms with E-state index >= 15 is 0 Å². The molecule has 1 aliphatic rings. The molecule has 0 atom stereocenters. The van der Waals surface area contributed by atoms with Crippen LogP contribution in [0.3, 0.4) is 0 Å². The van der Waals surface area contributed by atoms with Gasteiger partial charge in [0.25, 0.3) is 0 Å². The molecule has 164 valence electrons. The van der Waals surface area contributed by atoms with Gasteiger partial charge in [-0.05, 0) is 62.1 Å². The fourth-order valence-electron chi connectivity index (χ4n) is 3.91. The van der Waals surface area contributed by atoms with Gasteiger partial charge in [0.05, 0.1) is 11.3 Å². The molecule has 2 aromatic carbocycles. The van der Waals surface area contributed by atoms with Crippen molar-refractivity contribution in [3.8, 4) is 11.5 Å². The number of rotatable bonds is 8. The molecule has 3 aromatic rings. The SMILES string of the molecule is N=C(c1ccc(Oc2ccccc2)cc1)c1c(N)ncnc1NC1CCC(NC=O)CC1. The number of para-hydroxylation sites is 1. The fraction of sp³-hybridized carbons (Fsp3) is 0.250. The van der Waals surface area contributed by atoms with Gasteiger partial charge in [-0.2, -0.15) is 0 Å². The smallest absolute Gasteiger partial charge is 0.207 e. The summed E-state index contributed by atoms with van der Waals surface area (Å²) in [7, 11) is 0. The fourth-order valence-corrected chi connectivity index (χ4v) is 3.91. The van der Waals surface area contributed by atoms with Crippen LogP contribution in [-0.4, -0.2) is 34.2 Å². The molecule has 0 bridgehead atoms. The molecule has 4 rings (SSSR count). The van der Waals surface area contributed by atoms with Gasteiger partial charge in [0.2, 0.25) is 6.41 Å². The van der Waals surface area contributed by atoms with Gasteiger partial charge in [0, 0.05) is 17.6 Å². The maximum atomic E-state index is 10.7. The summed E-state index contributed by atoms with van der Waals surface area (Å²) in [4.78, 5) is 19.1. The zero-order valence-electron chi connectivity index (χ0n) is 17.6. The Morgan fingerprint density at radius 1 is 0.969 bits per heavy atom. The van der Waals surface area contributed by atoms with Gasteiger partial charge in [-0.1, -0.05) is 18.2 Å². The van der Waals surface area contributed by atoms with E-state index in [2.05, 4.69) is 20.6 Å². The third-order valence-corrected chi connectivity index (χ3v) is 5.62. The van der Waals surface area contributed by atoms with Crippen LogP contribution in [0.2, 0.25) is 0 Å². The minimum Gasteiger partial charge on any atom is -0.457 e. The van der Waals surface area contributed by atoms with E-state index in [0.29, 0.717) is 22.7 Å². The van der Waals surface area contributed by atoms with Crippen LogP contribution in [0, 0.1) is 5.41 Å². The number of carbonyl (C=O) groups is 1. The van der Waals surface area contributed by atoms with Crippen molar-refractivity contribution in [2.75, 3.05) is 11.1 Å². The molecule has 0 aliphatic heterocycles. The lowest BCUT2D eigenvalue weighted by molar-refractivity contribution is -0.110. The molecule has 1 aromatic heterocycles. The number of aromatic nitrogens is 2. The lowest BCUT2D eigenvalue weighted by atomic mass is 9.91. The average Bonchev–Trinajstić information content (AvgIpc) is 2.81. The van der Waals surface area contributed by atoms with Gasteiger partial charge in [0.15, 0.2) is 0 Å². The molecule has 8 nitrogen and oxygen atoms in total. The highest BCUT2D eigenvalue weighted by atomic mass is 16.5. The molecular formula is C24H26N6O2.